The largest absolute Gasteiger partial charge is 0.342 e. The molecule has 2 rings (SSSR count). The molecule has 0 spiro atoms. The van der Waals surface area contributed by atoms with E-state index in [2.05, 4.69) is 5.32 Å². The average molecular weight is 257 g/mol. The number of anilines is 1. The summed E-state index contributed by atoms with van der Waals surface area (Å²) in [6.45, 7) is 1.51. The van der Waals surface area contributed by atoms with Crippen molar-refractivity contribution in [3.63, 3.8) is 0 Å². The van der Waals surface area contributed by atoms with Gasteiger partial charge in [-0.15, -0.1) is 0 Å². The molecule has 1 saturated heterocycles. The molecule has 98 valence electrons. The van der Waals surface area contributed by atoms with Crippen molar-refractivity contribution < 1.29 is 9.59 Å². The van der Waals surface area contributed by atoms with Crippen LogP contribution in [-0.2, 0) is 9.59 Å². The molecule has 1 aromatic carbocycles. The summed E-state index contributed by atoms with van der Waals surface area (Å²) in [6, 6.07) is 8.55. The van der Waals surface area contributed by atoms with Gasteiger partial charge in [-0.05, 0) is 37.1 Å². The van der Waals surface area contributed by atoms with Gasteiger partial charge in [0, 0.05) is 18.8 Å². The fourth-order valence-electron chi connectivity index (χ4n) is 2.05. The summed E-state index contributed by atoms with van der Waals surface area (Å²) in [5.41, 5.74) is 1.13. The van der Waals surface area contributed by atoms with E-state index in [1.165, 1.54) is 0 Å². The van der Waals surface area contributed by atoms with E-state index in [-0.39, 0.29) is 18.2 Å². The minimum absolute atomic E-state index is 0.122. The van der Waals surface area contributed by atoms with Gasteiger partial charge in [0.1, 0.15) is 6.42 Å². The number of hydrogen-bond donors (Lipinski definition) is 1. The molecule has 0 aromatic heterocycles. The molecule has 1 aromatic rings. The predicted octanol–water partition coefficient (Wildman–Crippen LogP) is 1.51. The lowest BCUT2D eigenvalue weighted by Gasteiger charge is -2.14. The number of carbonyl (C=O) groups is 2. The molecule has 0 saturated carbocycles. The zero-order chi connectivity index (χ0) is 13.7. The Morgan fingerprint density at radius 1 is 1.21 bits per heavy atom. The lowest BCUT2D eigenvalue weighted by molar-refractivity contribution is -0.133. The zero-order valence-corrected chi connectivity index (χ0v) is 10.6. The smallest absolute Gasteiger partial charge is 0.233 e. The van der Waals surface area contributed by atoms with Crippen LogP contribution < -0.4 is 5.32 Å². The normalized spacial score (nSPS) is 13.9. The fourth-order valence-corrected chi connectivity index (χ4v) is 2.05. The Labute approximate surface area is 111 Å². The molecular formula is C14H15N3O2. The topological polar surface area (TPSA) is 73.2 Å². The zero-order valence-electron chi connectivity index (χ0n) is 10.6. The van der Waals surface area contributed by atoms with Gasteiger partial charge in [-0.2, -0.15) is 5.26 Å². The fraction of sp³-hybridized carbons (Fsp3) is 0.357. The van der Waals surface area contributed by atoms with Gasteiger partial charge in [-0.1, -0.05) is 0 Å². The Morgan fingerprint density at radius 2 is 1.84 bits per heavy atom. The maximum atomic E-state index is 11.8. The summed E-state index contributed by atoms with van der Waals surface area (Å²) in [4.78, 5) is 25.2. The van der Waals surface area contributed by atoms with Crippen molar-refractivity contribution >= 4 is 17.5 Å². The Bertz CT molecular complexity index is 510. The second-order valence-electron chi connectivity index (χ2n) is 4.50. The Kier molecular flexibility index (Phi) is 4.14. The first-order valence-corrected chi connectivity index (χ1v) is 6.27. The summed E-state index contributed by atoms with van der Waals surface area (Å²) in [7, 11) is 0. The molecule has 0 unspecified atom stereocenters. The maximum Gasteiger partial charge on any atom is 0.233 e. The van der Waals surface area contributed by atoms with E-state index in [9.17, 15) is 9.59 Å². The lowest BCUT2D eigenvalue weighted by atomic mass is 10.2. The summed E-state index contributed by atoms with van der Waals surface area (Å²) in [6.07, 6.45) is 1.91. The molecule has 1 fully saturated rings. The van der Waals surface area contributed by atoms with Gasteiger partial charge >= 0.3 is 0 Å². The Morgan fingerprint density at radius 3 is 2.42 bits per heavy atom. The van der Waals surface area contributed by atoms with Gasteiger partial charge in [-0.3, -0.25) is 9.59 Å². The van der Waals surface area contributed by atoms with E-state index in [1.54, 1.807) is 29.2 Å². The van der Waals surface area contributed by atoms with Crippen LogP contribution in [0, 0.1) is 11.3 Å². The monoisotopic (exact) mass is 257 g/mol. The SMILES string of the molecule is N#Cc1ccc(NC(=O)CC(=O)N2CCCC2)cc1. The number of amides is 2. The molecule has 1 N–H and O–H groups in total. The number of benzene rings is 1. The van der Waals surface area contributed by atoms with E-state index < -0.39 is 0 Å². The third-order valence-corrected chi connectivity index (χ3v) is 3.07. The van der Waals surface area contributed by atoms with Gasteiger partial charge in [-0.25, -0.2) is 0 Å². The minimum Gasteiger partial charge on any atom is -0.342 e. The van der Waals surface area contributed by atoms with E-state index >= 15 is 0 Å². The van der Waals surface area contributed by atoms with Crippen molar-refractivity contribution in [1.29, 1.82) is 5.26 Å². The van der Waals surface area contributed by atoms with Gasteiger partial charge in [0.2, 0.25) is 11.8 Å². The minimum atomic E-state index is -0.318. The summed E-state index contributed by atoms with van der Waals surface area (Å²) >= 11 is 0. The Balaban J connectivity index is 1.86. The molecule has 5 heteroatoms. The first kappa shape index (κ1) is 13.1. The standard InChI is InChI=1S/C14H15N3O2/c15-10-11-3-5-12(6-4-11)16-13(18)9-14(19)17-7-1-2-8-17/h3-6H,1-2,7-9H2,(H,16,18). The van der Waals surface area contributed by atoms with Crippen LogP contribution in [0.4, 0.5) is 5.69 Å². The van der Waals surface area contributed by atoms with Crippen molar-refractivity contribution in [2.24, 2.45) is 0 Å². The molecule has 1 heterocycles. The first-order chi connectivity index (χ1) is 9.19. The highest BCUT2D eigenvalue weighted by atomic mass is 16.2. The second kappa shape index (κ2) is 6.01. The van der Waals surface area contributed by atoms with Crippen LogP contribution in [0.25, 0.3) is 0 Å². The predicted molar refractivity (Wildman–Crippen MR) is 70.2 cm³/mol. The highest BCUT2D eigenvalue weighted by Crippen LogP contribution is 2.11. The molecular weight excluding hydrogens is 242 g/mol. The average Bonchev–Trinajstić information content (AvgIpc) is 2.93. The quantitative estimate of drug-likeness (QED) is 0.834. The molecule has 0 aliphatic carbocycles. The lowest BCUT2D eigenvalue weighted by Crippen LogP contribution is -2.31. The van der Waals surface area contributed by atoms with E-state index in [0.717, 1.165) is 25.9 Å². The van der Waals surface area contributed by atoms with E-state index in [0.29, 0.717) is 11.3 Å². The third kappa shape index (κ3) is 3.55. The van der Waals surface area contributed by atoms with Crippen molar-refractivity contribution in [3.05, 3.63) is 29.8 Å². The van der Waals surface area contributed by atoms with E-state index in [4.69, 9.17) is 5.26 Å². The number of nitrogens with zero attached hydrogens (tertiary/aromatic N) is 2. The van der Waals surface area contributed by atoms with Crippen molar-refractivity contribution in [1.82, 2.24) is 4.90 Å². The summed E-state index contributed by atoms with van der Waals surface area (Å²) in [5, 5.41) is 11.3. The van der Waals surface area contributed by atoms with Crippen LogP contribution in [0.3, 0.4) is 0 Å². The van der Waals surface area contributed by atoms with Crippen LogP contribution in [0.5, 0.6) is 0 Å². The third-order valence-electron chi connectivity index (χ3n) is 3.07. The van der Waals surface area contributed by atoms with Crippen LogP contribution >= 0.6 is 0 Å². The van der Waals surface area contributed by atoms with Crippen molar-refractivity contribution in [3.8, 4) is 6.07 Å². The second-order valence-corrected chi connectivity index (χ2v) is 4.50. The number of rotatable bonds is 3. The van der Waals surface area contributed by atoms with Crippen LogP contribution in [-0.4, -0.2) is 29.8 Å². The molecule has 19 heavy (non-hydrogen) atoms. The number of likely N-dealkylation sites (tertiary alicyclic amines) is 1. The first-order valence-electron chi connectivity index (χ1n) is 6.27. The molecule has 1 aliphatic heterocycles. The summed E-state index contributed by atoms with van der Waals surface area (Å²) < 4.78 is 0. The van der Waals surface area contributed by atoms with Crippen molar-refractivity contribution in [2.45, 2.75) is 19.3 Å². The molecule has 0 bridgehead atoms. The van der Waals surface area contributed by atoms with Crippen LogP contribution in [0.1, 0.15) is 24.8 Å². The maximum absolute atomic E-state index is 11.8. The molecule has 0 radical (unpaired) electrons. The number of nitrogens with one attached hydrogen (secondary N) is 1. The number of hydrogen-bond acceptors (Lipinski definition) is 3. The summed E-state index contributed by atoms with van der Waals surface area (Å²) in [5.74, 6) is -0.440. The van der Waals surface area contributed by atoms with E-state index in [1.807, 2.05) is 6.07 Å². The van der Waals surface area contributed by atoms with Gasteiger partial charge in [0.05, 0.1) is 11.6 Å². The highest BCUT2D eigenvalue weighted by molar-refractivity contribution is 6.03. The van der Waals surface area contributed by atoms with Crippen molar-refractivity contribution in [2.75, 3.05) is 18.4 Å². The molecule has 0 atom stereocenters. The molecule has 5 nitrogen and oxygen atoms in total. The van der Waals surface area contributed by atoms with Crippen LogP contribution in [0.15, 0.2) is 24.3 Å². The van der Waals surface area contributed by atoms with Gasteiger partial charge < -0.3 is 10.2 Å². The Hall–Kier alpha value is -2.35. The van der Waals surface area contributed by atoms with Crippen LogP contribution in [0.2, 0.25) is 0 Å². The highest BCUT2D eigenvalue weighted by Gasteiger charge is 2.20. The number of carbonyl (C=O) groups excluding carboxylic acids is 2. The molecule has 1 aliphatic rings. The van der Waals surface area contributed by atoms with Gasteiger partial charge in [0.15, 0.2) is 0 Å². The van der Waals surface area contributed by atoms with Gasteiger partial charge in [0.25, 0.3) is 0 Å². The number of nitriles is 1. The molecule has 2 amide bonds.